The maximum atomic E-state index is 13.2. The van der Waals surface area contributed by atoms with Crippen LogP contribution >= 0.6 is 15.9 Å². The van der Waals surface area contributed by atoms with Crippen molar-refractivity contribution < 1.29 is 9.18 Å². The minimum absolute atomic E-state index is 0.217. The van der Waals surface area contributed by atoms with Gasteiger partial charge in [-0.15, -0.1) is 0 Å². The SMILES string of the molecule is CCN(C(=O)c1ccc(F)c(Br)c1)c1ccccc1N. The highest BCUT2D eigenvalue weighted by Crippen LogP contribution is 2.25. The summed E-state index contributed by atoms with van der Waals surface area (Å²) in [5.74, 6) is -0.616. The highest BCUT2D eigenvalue weighted by molar-refractivity contribution is 9.10. The van der Waals surface area contributed by atoms with Crippen LogP contribution in [0.1, 0.15) is 17.3 Å². The number of rotatable bonds is 3. The van der Waals surface area contributed by atoms with Crippen LogP contribution in [0.4, 0.5) is 15.8 Å². The Morgan fingerprint density at radius 1 is 1.30 bits per heavy atom. The van der Waals surface area contributed by atoms with Gasteiger partial charge in [-0.3, -0.25) is 4.79 Å². The Morgan fingerprint density at radius 3 is 2.60 bits per heavy atom. The number of amides is 1. The molecule has 0 aliphatic rings. The Balaban J connectivity index is 2.39. The van der Waals surface area contributed by atoms with Crippen LogP contribution in [0.5, 0.6) is 0 Å². The molecule has 0 saturated heterocycles. The van der Waals surface area contributed by atoms with Crippen molar-refractivity contribution in [2.75, 3.05) is 17.2 Å². The maximum Gasteiger partial charge on any atom is 0.258 e. The molecule has 2 rings (SSSR count). The summed E-state index contributed by atoms with van der Waals surface area (Å²) in [6, 6.07) is 11.4. The first-order valence-corrected chi connectivity index (χ1v) is 6.95. The summed E-state index contributed by atoms with van der Waals surface area (Å²) in [4.78, 5) is 14.1. The predicted octanol–water partition coefficient (Wildman–Crippen LogP) is 3.84. The molecule has 0 heterocycles. The molecule has 0 bridgehead atoms. The molecule has 2 N–H and O–H groups in total. The molecule has 2 aromatic carbocycles. The molecule has 0 saturated carbocycles. The maximum absolute atomic E-state index is 13.2. The lowest BCUT2D eigenvalue weighted by Crippen LogP contribution is -2.31. The second kappa shape index (κ2) is 6.05. The Bertz CT molecular complexity index is 646. The first-order valence-electron chi connectivity index (χ1n) is 6.16. The summed E-state index contributed by atoms with van der Waals surface area (Å²) in [6.45, 7) is 2.34. The lowest BCUT2D eigenvalue weighted by molar-refractivity contribution is 0.0988. The van der Waals surface area contributed by atoms with E-state index in [1.807, 2.05) is 19.1 Å². The van der Waals surface area contributed by atoms with Crippen LogP contribution < -0.4 is 10.6 Å². The lowest BCUT2D eigenvalue weighted by Gasteiger charge is -2.22. The number of halogens is 2. The van der Waals surface area contributed by atoms with Crippen LogP contribution in [0.3, 0.4) is 0 Å². The molecule has 5 heteroatoms. The number of nitrogen functional groups attached to an aromatic ring is 1. The van der Waals surface area contributed by atoms with Crippen molar-refractivity contribution >= 4 is 33.2 Å². The molecule has 0 aliphatic carbocycles. The fourth-order valence-corrected chi connectivity index (χ4v) is 2.32. The van der Waals surface area contributed by atoms with E-state index in [4.69, 9.17) is 5.73 Å². The summed E-state index contributed by atoms with van der Waals surface area (Å²) in [5, 5.41) is 0. The van der Waals surface area contributed by atoms with Crippen molar-refractivity contribution in [2.45, 2.75) is 6.92 Å². The molecule has 0 radical (unpaired) electrons. The standard InChI is InChI=1S/C15H14BrFN2O/c1-2-19(14-6-4-3-5-13(14)18)15(20)10-7-8-12(17)11(16)9-10/h3-9H,2,18H2,1H3. The molecule has 1 amide bonds. The van der Waals surface area contributed by atoms with Gasteiger partial charge in [-0.2, -0.15) is 0 Å². The third-order valence-electron chi connectivity index (χ3n) is 2.96. The molecule has 0 aliphatic heterocycles. The van der Waals surface area contributed by atoms with Gasteiger partial charge in [-0.1, -0.05) is 12.1 Å². The molecule has 0 aromatic heterocycles. The molecule has 0 spiro atoms. The van der Waals surface area contributed by atoms with Crippen LogP contribution in [0, 0.1) is 5.82 Å². The van der Waals surface area contributed by atoms with E-state index >= 15 is 0 Å². The number of carbonyl (C=O) groups is 1. The van der Waals surface area contributed by atoms with Crippen LogP contribution in [0.2, 0.25) is 0 Å². The van der Waals surface area contributed by atoms with Crippen molar-refractivity contribution in [3.05, 3.63) is 58.3 Å². The average molecular weight is 337 g/mol. The number of hydrogen-bond donors (Lipinski definition) is 1. The van der Waals surface area contributed by atoms with Gasteiger partial charge in [0.25, 0.3) is 5.91 Å². The summed E-state index contributed by atoms with van der Waals surface area (Å²) < 4.78 is 13.5. The van der Waals surface area contributed by atoms with E-state index in [0.29, 0.717) is 23.5 Å². The Kier molecular flexibility index (Phi) is 4.39. The highest BCUT2D eigenvalue weighted by Gasteiger charge is 2.18. The summed E-state index contributed by atoms with van der Waals surface area (Å²) >= 11 is 3.09. The third-order valence-corrected chi connectivity index (χ3v) is 3.56. The van der Waals surface area contributed by atoms with Crippen molar-refractivity contribution in [2.24, 2.45) is 0 Å². The zero-order valence-electron chi connectivity index (χ0n) is 10.9. The molecule has 0 unspecified atom stereocenters. The van der Waals surface area contributed by atoms with E-state index in [0.717, 1.165) is 0 Å². The van der Waals surface area contributed by atoms with Crippen LogP contribution in [-0.2, 0) is 0 Å². The van der Waals surface area contributed by atoms with Crippen molar-refractivity contribution in [3.8, 4) is 0 Å². The van der Waals surface area contributed by atoms with Crippen molar-refractivity contribution in [1.82, 2.24) is 0 Å². The van der Waals surface area contributed by atoms with Crippen LogP contribution in [-0.4, -0.2) is 12.5 Å². The van der Waals surface area contributed by atoms with Gasteiger partial charge in [0.15, 0.2) is 0 Å². The molecule has 20 heavy (non-hydrogen) atoms. The zero-order valence-corrected chi connectivity index (χ0v) is 12.5. The number of hydrogen-bond acceptors (Lipinski definition) is 2. The third kappa shape index (κ3) is 2.82. The Morgan fingerprint density at radius 2 is 2.00 bits per heavy atom. The van der Waals surface area contributed by atoms with Gasteiger partial charge in [-0.25, -0.2) is 4.39 Å². The molecule has 2 aromatic rings. The number of para-hydroxylation sites is 2. The average Bonchev–Trinajstić information content (AvgIpc) is 2.44. The number of carbonyl (C=O) groups excluding carboxylic acids is 1. The molecule has 104 valence electrons. The summed E-state index contributed by atoms with van der Waals surface area (Å²) in [6.07, 6.45) is 0. The summed E-state index contributed by atoms with van der Waals surface area (Å²) in [7, 11) is 0. The number of nitrogens with zero attached hydrogens (tertiary/aromatic N) is 1. The van der Waals surface area contributed by atoms with Gasteiger partial charge in [0.2, 0.25) is 0 Å². The first kappa shape index (κ1) is 14.5. The van der Waals surface area contributed by atoms with Crippen molar-refractivity contribution in [3.63, 3.8) is 0 Å². The minimum Gasteiger partial charge on any atom is -0.397 e. The van der Waals surface area contributed by atoms with Gasteiger partial charge in [-0.05, 0) is 53.2 Å². The van der Waals surface area contributed by atoms with Crippen molar-refractivity contribution in [1.29, 1.82) is 0 Å². The van der Waals surface area contributed by atoms with Gasteiger partial charge >= 0.3 is 0 Å². The zero-order chi connectivity index (χ0) is 14.7. The van der Waals surface area contributed by atoms with Crippen LogP contribution in [0.15, 0.2) is 46.9 Å². The van der Waals surface area contributed by atoms with Crippen LogP contribution in [0.25, 0.3) is 0 Å². The monoisotopic (exact) mass is 336 g/mol. The van der Waals surface area contributed by atoms with Gasteiger partial charge < -0.3 is 10.6 Å². The molecular weight excluding hydrogens is 323 g/mol. The Labute approximate surface area is 125 Å². The van der Waals surface area contributed by atoms with E-state index < -0.39 is 5.82 Å². The number of benzene rings is 2. The predicted molar refractivity (Wildman–Crippen MR) is 82.3 cm³/mol. The topological polar surface area (TPSA) is 46.3 Å². The molecular formula is C15H14BrFN2O. The highest BCUT2D eigenvalue weighted by atomic mass is 79.9. The lowest BCUT2D eigenvalue weighted by atomic mass is 10.1. The normalized spacial score (nSPS) is 10.3. The van der Waals surface area contributed by atoms with Gasteiger partial charge in [0, 0.05) is 12.1 Å². The fourth-order valence-electron chi connectivity index (χ4n) is 1.94. The number of anilines is 2. The fraction of sp³-hybridized carbons (Fsp3) is 0.133. The van der Waals surface area contributed by atoms with E-state index in [1.165, 1.54) is 18.2 Å². The molecule has 0 atom stereocenters. The van der Waals surface area contributed by atoms with E-state index in [-0.39, 0.29) is 10.4 Å². The Hall–Kier alpha value is -1.88. The number of nitrogens with two attached hydrogens (primary N) is 1. The second-order valence-corrected chi connectivity index (χ2v) is 5.09. The molecule has 0 fully saturated rings. The van der Waals surface area contributed by atoms with E-state index in [9.17, 15) is 9.18 Å². The second-order valence-electron chi connectivity index (χ2n) is 4.24. The van der Waals surface area contributed by atoms with Gasteiger partial charge in [0.1, 0.15) is 5.82 Å². The van der Waals surface area contributed by atoms with E-state index in [2.05, 4.69) is 15.9 Å². The van der Waals surface area contributed by atoms with E-state index in [1.54, 1.807) is 17.0 Å². The van der Waals surface area contributed by atoms with Gasteiger partial charge in [0.05, 0.1) is 15.8 Å². The molecule has 3 nitrogen and oxygen atoms in total. The minimum atomic E-state index is -0.399. The first-order chi connectivity index (χ1) is 9.54. The largest absolute Gasteiger partial charge is 0.397 e. The quantitative estimate of drug-likeness (QED) is 0.865. The smallest absolute Gasteiger partial charge is 0.258 e. The summed E-state index contributed by atoms with van der Waals surface area (Å²) in [5.41, 5.74) is 7.49.